The highest BCUT2D eigenvalue weighted by Gasteiger charge is 2.15. The zero-order valence-corrected chi connectivity index (χ0v) is 12.3. The van der Waals surface area contributed by atoms with E-state index in [0.29, 0.717) is 29.8 Å². The number of hydrogen-bond acceptors (Lipinski definition) is 6. The molecule has 0 saturated heterocycles. The van der Waals surface area contributed by atoms with Crippen LogP contribution in [0.25, 0.3) is 22.9 Å². The highest BCUT2D eigenvalue weighted by molar-refractivity contribution is 5.62. The number of nitrogens with zero attached hydrogens (tertiary/aromatic N) is 3. The van der Waals surface area contributed by atoms with Gasteiger partial charge in [-0.25, -0.2) is 4.98 Å². The molecule has 1 aromatic carbocycles. The highest BCUT2D eigenvalue weighted by Crippen LogP contribution is 2.30. The molecule has 6 heteroatoms. The smallest absolute Gasteiger partial charge is 0.253 e. The van der Waals surface area contributed by atoms with E-state index in [4.69, 9.17) is 13.9 Å². The molecule has 2 heterocycles. The highest BCUT2D eigenvalue weighted by atomic mass is 16.5. The van der Waals surface area contributed by atoms with Crippen LogP contribution in [0.5, 0.6) is 11.6 Å². The normalized spacial score (nSPS) is 10.5. The molecule has 0 radical (unpaired) electrons. The average molecular weight is 297 g/mol. The molecule has 6 nitrogen and oxygen atoms in total. The largest absolute Gasteiger partial charge is 0.497 e. The molecule has 0 spiro atoms. The second-order valence-corrected chi connectivity index (χ2v) is 4.43. The zero-order valence-electron chi connectivity index (χ0n) is 12.3. The van der Waals surface area contributed by atoms with E-state index >= 15 is 0 Å². The summed E-state index contributed by atoms with van der Waals surface area (Å²) in [4.78, 5) is 4.18. The Morgan fingerprint density at radius 3 is 2.77 bits per heavy atom. The first-order valence-electron chi connectivity index (χ1n) is 6.88. The molecule has 0 saturated carbocycles. The molecule has 3 aromatic rings. The van der Waals surface area contributed by atoms with E-state index in [1.165, 1.54) is 0 Å². The zero-order chi connectivity index (χ0) is 15.4. The number of hydrogen-bond donors (Lipinski definition) is 0. The topological polar surface area (TPSA) is 70.3 Å². The maximum atomic E-state index is 5.74. The van der Waals surface area contributed by atoms with Gasteiger partial charge in [0.25, 0.3) is 5.89 Å². The lowest BCUT2D eigenvalue weighted by Crippen LogP contribution is -1.96. The van der Waals surface area contributed by atoms with Crippen LogP contribution in [-0.2, 0) is 0 Å². The maximum absolute atomic E-state index is 5.74. The summed E-state index contributed by atoms with van der Waals surface area (Å²) in [6.45, 7) is 2.41. The van der Waals surface area contributed by atoms with Crippen molar-refractivity contribution in [3.8, 4) is 34.5 Å². The molecule has 0 unspecified atom stereocenters. The van der Waals surface area contributed by atoms with E-state index in [-0.39, 0.29) is 0 Å². The molecule has 0 N–H and O–H groups in total. The molecule has 0 aliphatic heterocycles. The van der Waals surface area contributed by atoms with E-state index in [9.17, 15) is 0 Å². The van der Waals surface area contributed by atoms with Gasteiger partial charge in [0.2, 0.25) is 11.8 Å². The van der Waals surface area contributed by atoms with Crippen molar-refractivity contribution in [3.63, 3.8) is 0 Å². The lowest BCUT2D eigenvalue weighted by molar-refractivity contribution is 0.327. The van der Waals surface area contributed by atoms with Crippen molar-refractivity contribution in [3.05, 3.63) is 42.6 Å². The third-order valence-electron chi connectivity index (χ3n) is 3.02. The van der Waals surface area contributed by atoms with Gasteiger partial charge in [-0.05, 0) is 37.3 Å². The summed E-state index contributed by atoms with van der Waals surface area (Å²) in [6, 6.07) is 11.1. The molecule has 0 aliphatic rings. The van der Waals surface area contributed by atoms with Gasteiger partial charge in [-0.2, -0.15) is 0 Å². The van der Waals surface area contributed by atoms with Crippen molar-refractivity contribution >= 4 is 0 Å². The standard InChI is InChI=1S/C16H15N3O3/c1-3-21-15-13(8-5-9-17-15)16-19-18-14(22-16)11-6-4-7-12(10-11)20-2/h4-10H,3H2,1-2H3. The minimum absolute atomic E-state index is 0.370. The van der Waals surface area contributed by atoms with Crippen LogP contribution < -0.4 is 9.47 Å². The molecule has 2 aromatic heterocycles. The van der Waals surface area contributed by atoms with Gasteiger partial charge in [0.1, 0.15) is 11.3 Å². The van der Waals surface area contributed by atoms with Crippen LogP contribution in [-0.4, -0.2) is 28.9 Å². The van der Waals surface area contributed by atoms with Gasteiger partial charge in [-0.3, -0.25) is 0 Å². The van der Waals surface area contributed by atoms with E-state index in [2.05, 4.69) is 15.2 Å². The van der Waals surface area contributed by atoms with Gasteiger partial charge in [-0.1, -0.05) is 6.07 Å². The predicted octanol–water partition coefficient (Wildman–Crippen LogP) is 3.21. The lowest BCUT2D eigenvalue weighted by Gasteiger charge is -2.04. The Morgan fingerprint density at radius 2 is 1.95 bits per heavy atom. The van der Waals surface area contributed by atoms with Gasteiger partial charge in [0.15, 0.2) is 0 Å². The number of methoxy groups -OCH3 is 1. The van der Waals surface area contributed by atoms with Crippen molar-refractivity contribution < 1.29 is 13.9 Å². The number of pyridine rings is 1. The quantitative estimate of drug-likeness (QED) is 0.720. The van der Waals surface area contributed by atoms with Crippen LogP contribution in [0.2, 0.25) is 0 Å². The van der Waals surface area contributed by atoms with Gasteiger partial charge >= 0.3 is 0 Å². The number of rotatable bonds is 5. The molecule has 0 fully saturated rings. The van der Waals surface area contributed by atoms with E-state index in [1.807, 2.05) is 37.3 Å². The summed E-state index contributed by atoms with van der Waals surface area (Å²) in [5.41, 5.74) is 1.46. The van der Waals surface area contributed by atoms with Crippen molar-refractivity contribution in [1.82, 2.24) is 15.2 Å². The Kier molecular flexibility index (Phi) is 4.00. The fourth-order valence-electron chi connectivity index (χ4n) is 2.01. The fourth-order valence-corrected chi connectivity index (χ4v) is 2.01. The Hall–Kier alpha value is -2.89. The fraction of sp³-hybridized carbons (Fsp3) is 0.188. The Labute approximate surface area is 127 Å². The van der Waals surface area contributed by atoms with Gasteiger partial charge in [0, 0.05) is 11.8 Å². The van der Waals surface area contributed by atoms with E-state index in [1.54, 1.807) is 19.4 Å². The summed E-state index contributed by atoms with van der Waals surface area (Å²) >= 11 is 0. The molecular weight excluding hydrogens is 282 g/mol. The molecule has 0 aliphatic carbocycles. The van der Waals surface area contributed by atoms with Crippen molar-refractivity contribution in [2.24, 2.45) is 0 Å². The molecule has 0 bridgehead atoms. The van der Waals surface area contributed by atoms with Gasteiger partial charge < -0.3 is 13.9 Å². The second kappa shape index (κ2) is 6.26. The van der Waals surface area contributed by atoms with Crippen LogP contribution >= 0.6 is 0 Å². The van der Waals surface area contributed by atoms with E-state index < -0.39 is 0 Å². The maximum Gasteiger partial charge on any atom is 0.253 e. The first-order chi connectivity index (χ1) is 10.8. The van der Waals surface area contributed by atoms with Crippen molar-refractivity contribution in [2.75, 3.05) is 13.7 Å². The molecule has 22 heavy (non-hydrogen) atoms. The molecular formula is C16H15N3O3. The summed E-state index contributed by atoms with van der Waals surface area (Å²) in [6.07, 6.45) is 1.66. The molecule has 3 rings (SSSR count). The monoisotopic (exact) mass is 297 g/mol. The summed E-state index contributed by atoms with van der Waals surface area (Å²) in [5, 5.41) is 8.17. The summed E-state index contributed by atoms with van der Waals surface area (Å²) in [5.74, 6) is 1.99. The number of benzene rings is 1. The van der Waals surface area contributed by atoms with Crippen LogP contribution in [0, 0.1) is 0 Å². The first-order valence-corrected chi connectivity index (χ1v) is 6.88. The third kappa shape index (κ3) is 2.76. The Balaban J connectivity index is 1.97. The average Bonchev–Trinajstić information content (AvgIpc) is 3.06. The van der Waals surface area contributed by atoms with Crippen LogP contribution in [0.15, 0.2) is 47.0 Å². The molecule has 0 amide bonds. The minimum Gasteiger partial charge on any atom is -0.497 e. The predicted molar refractivity (Wildman–Crippen MR) is 80.7 cm³/mol. The van der Waals surface area contributed by atoms with Crippen LogP contribution in [0.4, 0.5) is 0 Å². The lowest BCUT2D eigenvalue weighted by atomic mass is 10.2. The number of aromatic nitrogens is 3. The Morgan fingerprint density at radius 1 is 1.09 bits per heavy atom. The minimum atomic E-state index is 0.370. The summed E-state index contributed by atoms with van der Waals surface area (Å²) in [7, 11) is 1.61. The van der Waals surface area contributed by atoms with E-state index in [0.717, 1.165) is 11.3 Å². The van der Waals surface area contributed by atoms with Crippen molar-refractivity contribution in [1.29, 1.82) is 0 Å². The number of ether oxygens (including phenoxy) is 2. The molecule has 0 atom stereocenters. The second-order valence-electron chi connectivity index (χ2n) is 4.43. The molecule has 112 valence electrons. The van der Waals surface area contributed by atoms with Gasteiger partial charge in [-0.15, -0.1) is 10.2 Å². The van der Waals surface area contributed by atoms with Gasteiger partial charge in [0.05, 0.1) is 13.7 Å². The van der Waals surface area contributed by atoms with Crippen molar-refractivity contribution in [2.45, 2.75) is 6.92 Å². The first kappa shape index (κ1) is 14.1. The Bertz CT molecular complexity index is 771. The van der Waals surface area contributed by atoms with Crippen LogP contribution in [0.3, 0.4) is 0 Å². The third-order valence-corrected chi connectivity index (χ3v) is 3.02. The van der Waals surface area contributed by atoms with Crippen LogP contribution in [0.1, 0.15) is 6.92 Å². The summed E-state index contributed by atoms with van der Waals surface area (Å²) < 4.78 is 16.4. The SMILES string of the molecule is CCOc1ncccc1-c1nnc(-c2cccc(OC)c2)o1.